The normalized spacial score (nSPS) is 26.1. The maximum Gasteiger partial charge on any atom is 0.248 e. The molecule has 0 aliphatic carbocycles. The number of carbonyl (C=O) groups excluding carboxylic acids is 2. The molecule has 1 saturated heterocycles. The second-order valence-electron chi connectivity index (χ2n) is 5.77. The Labute approximate surface area is 125 Å². The van der Waals surface area contributed by atoms with E-state index in [-0.39, 0.29) is 17.9 Å². The summed E-state index contributed by atoms with van der Waals surface area (Å²) in [6, 6.07) is -0.374. The first-order chi connectivity index (χ1) is 9.92. The lowest BCUT2D eigenvalue weighted by Crippen LogP contribution is -2.69. The van der Waals surface area contributed by atoms with Crippen molar-refractivity contribution < 1.29 is 9.59 Å². The van der Waals surface area contributed by atoms with E-state index in [2.05, 4.69) is 10.3 Å². The molecule has 2 amide bonds. The highest BCUT2D eigenvalue weighted by molar-refractivity contribution is 5.99. The van der Waals surface area contributed by atoms with Crippen molar-refractivity contribution in [2.24, 2.45) is 0 Å². The standard InChI is InChI=1S/C15H24N4O2/c1-5-12-13(20)17-15(4,6-2)14(21)19(12)10-9-18-8-7-16-11(18)3/h7-8,12H,5-6,9-10H2,1-4H3,(H,17,20). The zero-order valence-corrected chi connectivity index (χ0v) is 13.2. The Morgan fingerprint density at radius 2 is 2.05 bits per heavy atom. The molecule has 2 heterocycles. The maximum atomic E-state index is 12.7. The van der Waals surface area contributed by atoms with Gasteiger partial charge in [-0.3, -0.25) is 9.59 Å². The number of aryl methyl sites for hydroxylation is 1. The Hall–Kier alpha value is -1.85. The molecule has 1 aliphatic rings. The van der Waals surface area contributed by atoms with Crippen molar-refractivity contribution in [3.05, 3.63) is 18.2 Å². The Balaban J connectivity index is 2.18. The molecule has 0 spiro atoms. The highest BCUT2D eigenvalue weighted by Gasteiger charge is 2.45. The van der Waals surface area contributed by atoms with Crippen LogP contribution < -0.4 is 5.32 Å². The fourth-order valence-electron chi connectivity index (χ4n) is 2.77. The molecule has 2 atom stereocenters. The molecule has 116 valence electrons. The van der Waals surface area contributed by atoms with Crippen LogP contribution in [0, 0.1) is 6.92 Å². The summed E-state index contributed by atoms with van der Waals surface area (Å²) in [4.78, 5) is 30.9. The molecule has 2 rings (SSSR count). The van der Waals surface area contributed by atoms with E-state index in [1.165, 1.54) is 0 Å². The van der Waals surface area contributed by atoms with Crippen LogP contribution >= 0.6 is 0 Å². The van der Waals surface area contributed by atoms with Gasteiger partial charge in [0, 0.05) is 25.5 Å². The third kappa shape index (κ3) is 2.80. The Kier molecular flexibility index (Phi) is 4.34. The number of carbonyl (C=O) groups is 2. The van der Waals surface area contributed by atoms with E-state index in [4.69, 9.17) is 0 Å². The predicted molar refractivity (Wildman–Crippen MR) is 79.6 cm³/mol. The van der Waals surface area contributed by atoms with Crippen molar-refractivity contribution in [1.82, 2.24) is 19.8 Å². The van der Waals surface area contributed by atoms with Crippen LogP contribution in [0.2, 0.25) is 0 Å². The van der Waals surface area contributed by atoms with Gasteiger partial charge in [-0.05, 0) is 26.7 Å². The molecule has 0 radical (unpaired) electrons. The molecule has 6 nitrogen and oxygen atoms in total. The number of imidazole rings is 1. The van der Waals surface area contributed by atoms with Gasteiger partial charge < -0.3 is 14.8 Å². The molecule has 0 bridgehead atoms. The minimum absolute atomic E-state index is 0.00854. The van der Waals surface area contributed by atoms with Crippen molar-refractivity contribution in [3.63, 3.8) is 0 Å². The van der Waals surface area contributed by atoms with E-state index in [0.29, 0.717) is 25.9 Å². The number of nitrogens with zero attached hydrogens (tertiary/aromatic N) is 3. The van der Waals surface area contributed by atoms with Gasteiger partial charge in [-0.25, -0.2) is 4.98 Å². The van der Waals surface area contributed by atoms with E-state index < -0.39 is 5.54 Å². The van der Waals surface area contributed by atoms with E-state index in [0.717, 1.165) is 5.82 Å². The molecule has 1 aliphatic heterocycles. The van der Waals surface area contributed by atoms with Gasteiger partial charge in [-0.15, -0.1) is 0 Å². The summed E-state index contributed by atoms with van der Waals surface area (Å²) in [7, 11) is 0. The van der Waals surface area contributed by atoms with Gasteiger partial charge in [0.2, 0.25) is 11.8 Å². The molecule has 1 aromatic rings. The van der Waals surface area contributed by atoms with Crippen molar-refractivity contribution >= 4 is 11.8 Å². The average molecular weight is 292 g/mol. The van der Waals surface area contributed by atoms with Crippen molar-refractivity contribution in [2.45, 2.75) is 58.7 Å². The van der Waals surface area contributed by atoms with Crippen molar-refractivity contribution in [1.29, 1.82) is 0 Å². The molecular formula is C15H24N4O2. The fourth-order valence-corrected chi connectivity index (χ4v) is 2.77. The minimum atomic E-state index is -0.785. The summed E-state index contributed by atoms with van der Waals surface area (Å²) in [5.74, 6) is 0.869. The lowest BCUT2D eigenvalue weighted by atomic mass is 9.91. The lowest BCUT2D eigenvalue weighted by Gasteiger charge is -2.44. The van der Waals surface area contributed by atoms with Crippen LogP contribution in [-0.4, -0.2) is 44.4 Å². The van der Waals surface area contributed by atoms with Gasteiger partial charge in [0.1, 0.15) is 17.4 Å². The monoisotopic (exact) mass is 292 g/mol. The van der Waals surface area contributed by atoms with E-state index in [9.17, 15) is 9.59 Å². The summed E-state index contributed by atoms with van der Waals surface area (Å²) in [5, 5.41) is 2.88. The second-order valence-corrected chi connectivity index (χ2v) is 5.77. The van der Waals surface area contributed by atoms with Gasteiger partial charge in [-0.2, -0.15) is 0 Å². The van der Waals surface area contributed by atoms with Crippen LogP contribution in [0.15, 0.2) is 12.4 Å². The number of piperazine rings is 1. The average Bonchev–Trinajstić information content (AvgIpc) is 2.86. The van der Waals surface area contributed by atoms with Gasteiger partial charge >= 0.3 is 0 Å². The van der Waals surface area contributed by atoms with Crippen LogP contribution in [0.4, 0.5) is 0 Å². The molecule has 2 unspecified atom stereocenters. The molecule has 6 heteroatoms. The summed E-state index contributed by atoms with van der Waals surface area (Å²) in [5.41, 5.74) is -0.785. The van der Waals surface area contributed by atoms with Crippen LogP contribution in [0.5, 0.6) is 0 Å². The zero-order valence-electron chi connectivity index (χ0n) is 13.2. The van der Waals surface area contributed by atoms with Crippen LogP contribution in [0.1, 0.15) is 39.4 Å². The number of nitrogens with one attached hydrogen (secondary N) is 1. The quantitative estimate of drug-likeness (QED) is 0.883. The fraction of sp³-hybridized carbons (Fsp3) is 0.667. The first-order valence-corrected chi connectivity index (χ1v) is 7.53. The molecule has 1 aromatic heterocycles. The Morgan fingerprint density at radius 1 is 1.33 bits per heavy atom. The van der Waals surface area contributed by atoms with Crippen molar-refractivity contribution in [2.75, 3.05) is 6.54 Å². The van der Waals surface area contributed by atoms with Gasteiger partial charge in [-0.1, -0.05) is 13.8 Å². The largest absolute Gasteiger partial charge is 0.340 e. The molecule has 1 N–H and O–H groups in total. The predicted octanol–water partition coefficient (Wildman–Crippen LogP) is 1.10. The molecule has 0 saturated carbocycles. The van der Waals surface area contributed by atoms with E-state index >= 15 is 0 Å². The number of hydrogen-bond donors (Lipinski definition) is 1. The first kappa shape index (κ1) is 15.5. The molecular weight excluding hydrogens is 268 g/mol. The summed E-state index contributed by atoms with van der Waals surface area (Å²) >= 11 is 0. The van der Waals surface area contributed by atoms with E-state index in [1.807, 2.05) is 31.5 Å². The minimum Gasteiger partial charge on any atom is -0.340 e. The SMILES string of the molecule is CCC1C(=O)NC(C)(CC)C(=O)N1CCn1ccnc1C. The number of rotatable bonds is 5. The molecule has 0 aromatic carbocycles. The van der Waals surface area contributed by atoms with Crippen LogP contribution in [0.3, 0.4) is 0 Å². The first-order valence-electron chi connectivity index (χ1n) is 7.53. The van der Waals surface area contributed by atoms with Gasteiger partial charge in [0.25, 0.3) is 0 Å². The Morgan fingerprint density at radius 3 is 2.57 bits per heavy atom. The summed E-state index contributed by atoms with van der Waals surface area (Å²) in [6.45, 7) is 8.76. The second kappa shape index (κ2) is 5.87. The smallest absolute Gasteiger partial charge is 0.248 e. The van der Waals surface area contributed by atoms with Crippen LogP contribution in [-0.2, 0) is 16.1 Å². The Bertz CT molecular complexity index is 540. The number of aromatic nitrogens is 2. The number of amides is 2. The van der Waals surface area contributed by atoms with Gasteiger partial charge in [0.15, 0.2) is 0 Å². The third-order valence-corrected chi connectivity index (χ3v) is 4.41. The lowest BCUT2D eigenvalue weighted by molar-refractivity contribution is -0.154. The van der Waals surface area contributed by atoms with Gasteiger partial charge in [0.05, 0.1) is 0 Å². The topological polar surface area (TPSA) is 67.2 Å². The molecule has 1 fully saturated rings. The van der Waals surface area contributed by atoms with E-state index in [1.54, 1.807) is 18.0 Å². The third-order valence-electron chi connectivity index (χ3n) is 4.41. The molecule has 21 heavy (non-hydrogen) atoms. The number of hydrogen-bond acceptors (Lipinski definition) is 3. The maximum absolute atomic E-state index is 12.7. The van der Waals surface area contributed by atoms with Crippen molar-refractivity contribution in [3.8, 4) is 0 Å². The zero-order chi connectivity index (χ0) is 15.6. The van der Waals surface area contributed by atoms with Crippen LogP contribution in [0.25, 0.3) is 0 Å². The highest BCUT2D eigenvalue weighted by atomic mass is 16.2. The highest BCUT2D eigenvalue weighted by Crippen LogP contribution is 2.22. The summed E-state index contributed by atoms with van der Waals surface area (Å²) in [6.07, 6.45) is 4.85. The summed E-state index contributed by atoms with van der Waals surface area (Å²) < 4.78 is 2.00.